The number of aromatic nitrogens is 2. The van der Waals surface area contributed by atoms with E-state index in [-0.39, 0.29) is 12.4 Å². The summed E-state index contributed by atoms with van der Waals surface area (Å²) in [7, 11) is 0. The Balaban J connectivity index is 0.00000240. The van der Waals surface area contributed by atoms with Gasteiger partial charge in [-0.1, -0.05) is 29.8 Å². The number of halogens is 5. The number of fused-ring (bicyclic) bond motifs is 1. The number of para-hydroxylation sites is 1. The molecule has 0 aliphatic carbocycles. The molecule has 3 aromatic carbocycles. The average Bonchev–Trinajstić information content (AvgIpc) is 2.68. The zero-order chi connectivity index (χ0) is 19.7. The molecule has 0 spiro atoms. The van der Waals surface area contributed by atoms with Crippen LogP contribution >= 0.6 is 24.0 Å². The lowest BCUT2D eigenvalue weighted by atomic mass is 10.1. The van der Waals surface area contributed by atoms with E-state index in [1.54, 1.807) is 30.3 Å². The fraction of sp³-hybridized carbons (Fsp3) is 0.0476. The molecule has 3 nitrogen and oxygen atoms in total. The Bertz CT molecular complexity index is 1150. The van der Waals surface area contributed by atoms with Gasteiger partial charge in [0.15, 0.2) is 5.82 Å². The van der Waals surface area contributed by atoms with Crippen LogP contribution in [0.4, 0.5) is 24.7 Å². The molecule has 148 valence electrons. The van der Waals surface area contributed by atoms with Crippen molar-refractivity contribution in [2.24, 2.45) is 0 Å². The second kappa shape index (κ2) is 8.27. The fourth-order valence-electron chi connectivity index (χ4n) is 2.81. The van der Waals surface area contributed by atoms with Crippen molar-refractivity contribution in [1.29, 1.82) is 0 Å². The Morgan fingerprint density at radius 2 is 1.55 bits per heavy atom. The third-order valence-electron chi connectivity index (χ3n) is 4.16. The molecule has 0 aliphatic heterocycles. The third-order valence-corrected chi connectivity index (χ3v) is 4.41. The van der Waals surface area contributed by atoms with Gasteiger partial charge in [0.05, 0.1) is 11.1 Å². The summed E-state index contributed by atoms with van der Waals surface area (Å²) in [4.78, 5) is 9.10. The molecule has 0 amide bonds. The van der Waals surface area contributed by atoms with Crippen molar-refractivity contribution in [3.05, 3.63) is 83.4 Å². The van der Waals surface area contributed by atoms with Gasteiger partial charge in [-0.15, -0.1) is 12.4 Å². The predicted molar refractivity (Wildman–Crippen MR) is 112 cm³/mol. The lowest BCUT2D eigenvalue weighted by Gasteiger charge is -2.13. The molecule has 0 atom stereocenters. The van der Waals surface area contributed by atoms with Gasteiger partial charge in [-0.25, -0.2) is 9.97 Å². The average molecular weight is 436 g/mol. The Morgan fingerprint density at radius 3 is 2.28 bits per heavy atom. The van der Waals surface area contributed by atoms with Crippen molar-refractivity contribution in [3.63, 3.8) is 0 Å². The van der Waals surface area contributed by atoms with E-state index in [1.165, 1.54) is 6.07 Å². The number of benzene rings is 3. The van der Waals surface area contributed by atoms with E-state index >= 15 is 0 Å². The van der Waals surface area contributed by atoms with Crippen LogP contribution in [0, 0.1) is 0 Å². The van der Waals surface area contributed by atoms with E-state index in [0.717, 1.165) is 17.7 Å². The molecule has 1 N–H and O–H groups in total. The van der Waals surface area contributed by atoms with Crippen LogP contribution in [-0.2, 0) is 6.18 Å². The minimum atomic E-state index is -4.42. The largest absolute Gasteiger partial charge is 0.416 e. The highest BCUT2D eigenvalue weighted by molar-refractivity contribution is 6.30. The minimum absolute atomic E-state index is 0. The van der Waals surface area contributed by atoms with Crippen molar-refractivity contribution in [3.8, 4) is 11.4 Å². The van der Waals surface area contributed by atoms with Crippen LogP contribution in [0.15, 0.2) is 72.8 Å². The molecule has 4 aromatic rings. The van der Waals surface area contributed by atoms with Gasteiger partial charge in [-0.3, -0.25) is 0 Å². The van der Waals surface area contributed by atoms with Gasteiger partial charge in [0.1, 0.15) is 5.82 Å². The minimum Gasteiger partial charge on any atom is -0.340 e. The van der Waals surface area contributed by atoms with Gasteiger partial charge < -0.3 is 5.32 Å². The van der Waals surface area contributed by atoms with Crippen molar-refractivity contribution >= 4 is 46.4 Å². The van der Waals surface area contributed by atoms with E-state index in [4.69, 9.17) is 11.6 Å². The molecular formula is C21H14Cl2F3N3. The van der Waals surface area contributed by atoms with Crippen LogP contribution in [0.5, 0.6) is 0 Å². The maximum Gasteiger partial charge on any atom is 0.416 e. The van der Waals surface area contributed by atoms with Crippen LogP contribution in [0.3, 0.4) is 0 Å². The summed E-state index contributed by atoms with van der Waals surface area (Å²) >= 11 is 5.94. The quantitative estimate of drug-likeness (QED) is 0.371. The van der Waals surface area contributed by atoms with Gasteiger partial charge in [0, 0.05) is 21.7 Å². The first-order chi connectivity index (χ1) is 13.4. The number of nitrogens with one attached hydrogen (secondary N) is 1. The third kappa shape index (κ3) is 4.60. The Labute approximate surface area is 176 Å². The maximum atomic E-state index is 13.0. The molecule has 4 rings (SSSR count). The molecule has 0 saturated heterocycles. The Hall–Kier alpha value is -2.83. The van der Waals surface area contributed by atoms with Crippen molar-refractivity contribution in [2.75, 3.05) is 5.32 Å². The monoisotopic (exact) mass is 435 g/mol. The van der Waals surface area contributed by atoms with Crippen LogP contribution in [0.1, 0.15) is 5.56 Å². The number of anilines is 2. The van der Waals surface area contributed by atoms with E-state index in [0.29, 0.717) is 33.3 Å². The second-order valence-electron chi connectivity index (χ2n) is 6.12. The fourth-order valence-corrected chi connectivity index (χ4v) is 2.94. The number of alkyl halides is 3. The molecule has 29 heavy (non-hydrogen) atoms. The summed E-state index contributed by atoms with van der Waals surface area (Å²) in [6, 6.07) is 19.4. The highest BCUT2D eigenvalue weighted by Gasteiger charge is 2.30. The number of hydrogen-bond acceptors (Lipinski definition) is 3. The Kier molecular flexibility index (Phi) is 5.96. The van der Waals surface area contributed by atoms with Gasteiger partial charge in [0.25, 0.3) is 0 Å². The summed E-state index contributed by atoms with van der Waals surface area (Å²) < 4.78 is 39.0. The highest BCUT2D eigenvalue weighted by atomic mass is 35.5. The molecule has 0 fully saturated rings. The van der Waals surface area contributed by atoms with Crippen LogP contribution in [0.2, 0.25) is 5.02 Å². The zero-order valence-electron chi connectivity index (χ0n) is 14.7. The first kappa shape index (κ1) is 20.9. The van der Waals surface area contributed by atoms with E-state index in [2.05, 4.69) is 15.3 Å². The summed E-state index contributed by atoms with van der Waals surface area (Å²) in [5, 5.41) is 4.30. The molecule has 0 aliphatic rings. The SMILES string of the molecule is Cl.FC(F)(F)c1cccc(Nc2nc(-c3ccc(Cl)cc3)nc3ccccc23)c1. The van der Waals surface area contributed by atoms with Crippen molar-refractivity contribution in [1.82, 2.24) is 9.97 Å². The van der Waals surface area contributed by atoms with Gasteiger partial charge >= 0.3 is 6.18 Å². The van der Waals surface area contributed by atoms with Crippen LogP contribution in [-0.4, -0.2) is 9.97 Å². The molecule has 0 bridgehead atoms. The lowest BCUT2D eigenvalue weighted by molar-refractivity contribution is -0.137. The first-order valence-corrected chi connectivity index (χ1v) is 8.75. The van der Waals surface area contributed by atoms with Gasteiger partial charge in [-0.05, 0) is 54.6 Å². The lowest BCUT2D eigenvalue weighted by Crippen LogP contribution is -2.05. The smallest absolute Gasteiger partial charge is 0.340 e. The summed E-state index contributed by atoms with van der Waals surface area (Å²) in [6.07, 6.45) is -4.42. The second-order valence-corrected chi connectivity index (χ2v) is 6.56. The van der Waals surface area contributed by atoms with E-state index in [9.17, 15) is 13.2 Å². The number of hydrogen-bond donors (Lipinski definition) is 1. The molecule has 8 heteroatoms. The predicted octanol–water partition coefficient (Wildman–Crippen LogP) is 7.13. The molecule has 0 radical (unpaired) electrons. The van der Waals surface area contributed by atoms with Crippen LogP contribution < -0.4 is 5.32 Å². The zero-order valence-corrected chi connectivity index (χ0v) is 16.3. The highest BCUT2D eigenvalue weighted by Crippen LogP contribution is 2.32. The topological polar surface area (TPSA) is 37.8 Å². The summed E-state index contributed by atoms with van der Waals surface area (Å²) in [5.41, 5.74) is 0.994. The number of rotatable bonds is 3. The molecular weight excluding hydrogens is 422 g/mol. The van der Waals surface area contributed by atoms with Crippen molar-refractivity contribution < 1.29 is 13.2 Å². The first-order valence-electron chi connectivity index (χ1n) is 8.37. The molecule has 0 saturated carbocycles. The molecule has 0 unspecified atom stereocenters. The van der Waals surface area contributed by atoms with E-state index < -0.39 is 11.7 Å². The maximum absolute atomic E-state index is 13.0. The normalized spacial score (nSPS) is 11.2. The van der Waals surface area contributed by atoms with Gasteiger partial charge in [0.2, 0.25) is 0 Å². The molecule has 1 heterocycles. The summed E-state index contributed by atoms with van der Waals surface area (Å²) in [6.45, 7) is 0. The van der Waals surface area contributed by atoms with Gasteiger partial charge in [-0.2, -0.15) is 13.2 Å². The summed E-state index contributed by atoms with van der Waals surface area (Å²) in [5.74, 6) is 0.875. The van der Waals surface area contributed by atoms with Crippen LogP contribution in [0.25, 0.3) is 22.3 Å². The standard InChI is InChI=1S/C21H13ClF3N3.ClH/c22-15-10-8-13(9-11-15)19-27-18-7-2-1-6-17(18)20(28-19)26-16-5-3-4-14(12-16)21(23,24)25;/h1-12H,(H,26,27,28);1H. The van der Waals surface area contributed by atoms with E-state index in [1.807, 2.05) is 24.3 Å². The molecule has 1 aromatic heterocycles. The number of nitrogens with zero attached hydrogens (tertiary/aromatic N) is 2. The Morgan fingerprint density at radius 1 is 0.828 bits per heavy atom. The van der Waals surface area contributed by atoms with Crippen molar-refractivity contribution in [2.45, 2.75) is 6.18 Å².